The van der Waals surface area contributed by atoms with Gasteiger partial charge >= 0.3 is 12.2 Å². The van der Waals surface area contributed by atoms with Gasteiger partial charge in [-0.15, -0.1) is 0 Å². The number of amides is 4. The number of ether oxygens (including phenoxy) is 4. The number of alkyl carbamates (subject to hydrolysis) is 2. The maximum absolute atomic E-state index is 14.1. The average Bonchev–Trinajstić information content (AvgIpc) is 4.15. The van der Waals surface area contributed by atoms with Crippen molar-refractivity contribution in [1.82, 2.24) is 40.4 Å². The largest absolute Gasteiger partial charge is 0.488 e. The van der Waals surface area contributed by atoms with Crippen LogP contribution >= 0.6 is 0 Å². The molecule has 4 N–H and O–H groups in total. The SMILES string of the molecule is COC[C@H]1C[C@@H](c2ncc(-c3ccc4c(c3)COc3cc5c(ccc6nc([C@@H]7CCCN7C(=O)[C@H](NC(=O)OC)c7ccccc7)[nH]c65)cc3-4)[nH]2)N(C(=O)[C@@H](NC(=O)OC)C(C)C)C1. The monoisotopic (exact) mass is 868 g/mol. The van der Waals surface area contributed by atoms with Crippen molar-refractivity contribution in [3.05, 3.63) is 102 Å². The van der Waals surface area contributed by atoms with Crippen molar-refractivity contribution in [1.29, 1.82) is 0 Å². The van der Waals surface area contributed by atoms with Crippen LogP contribution in [0.2, 0.25) is 0 Å². The molecule has 2 fully saturated rings. The number of imidazole rings is 2. The number of hydrogen-bond acceptors (Lipinski definition) is 10. The summed E-state index contributed by atoms with van der Waals surface area (Å²) in [5.41, 5.74) is 7.13. The van der Waals surface area contributed by atoms with Gasteiger partial charge in [0.05, 0.1) is 55.8 Å². The summed E-state index contributed by atoms with van der Waals surface area (Å²) in [5, 5.41) is 7.42. The van der Waals surface area contributed by atoms with Gasteiger partial charge in [0.1, 0.15) is 36.1 Å². The highest BCUT2D eigenvalue weighted by atomic mass is 16.5. The molecular formula is C48H52N8O8. The number of fused-ring (bicyclic) bond motifs is 6. The molecule has 64 heavy (non-hydrogen) atoms. The third-order valence-corrected chi connectivity index (χ3v) is 12.7. The van der Waals surface area contributed by atoms with Crippen LogP contribution in [0.3, 0.4) is 0 Å². The Kier molecular flexibility index (Phi) is 11.7. The van der Waals surface area contributed by atoms with Crippen molar-refractivity contribution in [2.75, 3.05) is 41.0 Å². The molecule has 4 aromatic carbocycles. The molecule has 0 saturated carbocycles. The minimum Gasteiger partial charge on any atom is -0.488 e. The second-order valence-corrected chi connectivity index (χ2v) is 17.1. The molecule has 5 atom stereocenters. The highest BCUT2D eigenvalue weighted by Gasteiger charge is 2.42. The van der Waals surface area contributed by atoms with Crippen LogP contribution in [0, 0.1) is 11.8 Å². The Balaban J connectivity index is 0.966. The number of H-pyrrole nitrogens is 2. The molecule has 332 valence electrons. The standard InChI is InChI=1S/C48H52N8O8/c1-26(2)40(53-47(59)62-4)45(57)56-23-27(24-61-3)18-38(56)43-49-22-36(51-43)30-13-15-32-31(19-30)25-64-39-21-33-29(20-34(32)39)14-16-35-42(33)52-44(50-35)37-12-9-17-55(37)46(58)41(54-48(60)63-5)28-10-7-6-8-11-28/h6-8,10-11,13-16,19-22,26-27,37-38,40-41H,9,12,17-18,23-25H2,1-5H3,(H,49,51)(H,50,52)(H,53,59)(H,54,60)/t27-,37-,38-,40-,41+/m0/s1. The number of carbonyl (C=O) groups is 4. The summed E-state index contributed by atoms with van der Waals surface area (Å²) in [4.78, 5) is 73.1. The lowest BCUT2D eigenvalue weighted by Gasteiger charge is -2.30. The van der Waals surface area contributed by atoms with Gasteiger partial charge in [-0.2, -0.15) is 0 Å². The van der Waals surface area contributed by atoms with E-state index in [4.69, 9.17) is 28.9 Å². The third kappa shape index (κ3) is 7.97. The first-order valence-corrected chi connectivity index (χ1v) is 21.7. The third-order valence-electron chi connectivity index (χ3n) is 12.7. The molecule has 0 radical (unpaired) electrons. The van der Waals surface area contributed by atoms with Crippen LogP contribution in [0.4, 0.5) is 9.59 Å². The maximum Gasteiger partial charge on any atom is 0.407 e. The van der Waals surface area contributed by atoms with E-state index in [1.165, 1.54) is 14.2 Å². The second kappa shape index (κ2) is 17.7. The molecule has 9 rings (SSSR count). The average molecular weight is 869 g/mol. The topological polar surface area (TPSA) is 193 Å². The van der Waals surface area contributed by atoms with Crippen LogP contribution in [0.5, 0.6) is 5.75 Å². The van der Waals surface area contributed by atoms with E-state index < -0.39 is 24.3 Å². The first-order valence-electron chi connectivity index (χ1n) is 21.7. The van der Waals surface area contributed by atoms with Gasteiger partial charge in [-0.25, -0.2) is 19.6 Å². The molecule has 0 unspecified atom stereocenters. The molecule has 6 aromatic rings. The minimum atomic E-state index is -0.907. The Morgan fingerprint density at radius 1 is 0.859 bits per heavy atom. The fourth-order valence-corrected chi connectivity index (χ4v) is 9.54. The zero-order valence-corrected chi connectivity index (χ0v) is 36.5. The fraction of sp³-hybridized carbons (Fsp3) is 0.375. The number of methoxy groups -OCH3 is 3. The predicted octanol–water partition coefficient (Wildman–Crippen LogP) is 7.34. The first-order chi connectivity index (χ1) is 31.0. The van der Waals surface area contributed by atoms with Gasteiger partial charge in [0.25, 0.3) is 5.91 Å². The first kappa shape index (κ1) is 42.4. The van der Waals surface area contributed by atoms with Gasteiger partial charge in [0.15, 0.2) is 0 Å². The maximum atomic E-state index is 14.1. The lowest BCUT2D eigenvalue weighted by molar-refractivity contribution is -0.136. The summed E-state index contributed by atoms with van der Waals surface area (Å²) >= 11 is 0. The molecule has 3 aliphatic rings. The van der Waals surface area contributed by atoms with Crippen molar-refractivity contribution in [3.8, 4) is 28.1 Å². The summed E-state index contributed by atoms with van der Waals surface area (Å²) in [7, 11) is 4.22. The molecule has 16 heteroatoms. The number of carbonyl (C=O) groups excluding carboxylic acids is 4. The number of aromatic nitrogens is 4. The number of rotatable bonds is 11. The van der Waals surface area contributed by atoms with Crippen molar-refractivity contribution >= 4 is 45.8 Å². The van der Waals surface area contributed by atoms with E-state index in [-0.39, 0.29) is 35.7 Å². The van der Waals surface area contributed by atoms with E-state index in [9.17, 15) is 19.2 Å². The highest BCUT2D eigenvalue weighted by Crippen LogP contribution is 2.44. The molecule has 2 aromatic heterocycles. The Hall–Kier alpha value is -6.94. The van der Waals surface area contributed by atoms with E-state index >= 15 is 0 Å². The molecule has 3 aliphatic heterocycles. The molecule has 2 saturated heterocycles. The summed E-state index contributed by atoms with van der Waals surface area (Å²) < 4.78 is 21.6. The molecule has 0 bridgehead atoms. The minimum absolute atomic E-state index is 0.103. The van der Waals surface area contributed by atoms with Crippen LogP contribution in [0.1, 0.15) is 74.0 Å². The Labute approximate surface area is 370 Å². The number of aromatic amines is 2. The fourth-order valence-electron chi connectivity index (χ4n) is 9.54. The normalized spacial score (nSPS) is 18.9. The Morgan fingerprint density at radius 3 is 2.42 bits per heavy atom. The Morgan fingerprint density at radius 2 is 1.66 bits per heavy atom. The molecule has 0 aliphatic carbocycles. The Bertz CT molecular complexity index is 2730. The van der Waals surface area contributed by atoms with Gasteiger partial charge in [0.2, 0.25) is 5.91 Å². The lowest BCUT2D eigenvalue weighted by Crippen LogP contribution is -2.51. The molecule has 0 spiro atoms. The molecule has 5 heterocycles. The van der Waals surface area contributed by atoms with Gasteiger partial charge < -0.3 is 49.3 Å². The zero-order valence-electron chi connectivity index (χ0n) is 36.5. The van der Waals surface area contributed by atoms with Crippen LogP contribution in [0.15, 0.2) is 79.0 Å². The smallest absolute Gasteiger partial charge is 0.407 e. The summed E-state index contributed by atoms with van der Waals surface area (Å²) in [6.07, 6.45) is 2.65. The lowest BCUT2D eigenvalue weighted by atomic mass is 9.92. The van der Waals surface area contributed by atoms with E-state index in [0.717, 1.165) is 68.3 Å². The second-order valence-electron chi connectivity index (χ2n) is 17.1. The molecule has 16 nitrogen and oxygen atoms in total. The number of hydrogen-bond donors (Lipinski definition) is 4. The van der Waals surface area contributed by atoms with Crippen LogP contribution in [-0.2, 0) is 30.4 Å². The summed E-state index contributed by atoms with van der Waals surface area (Å²) in [6, 6.07) is 21.4. The number of benzene rings is 4. The van der Waals surface area contributed by atoms with Gasteiger partial charge in [-0.3, -0.25) is 9.59 Å². The number of nitrogens with zero attached hydrogens (tertiary/aromatic N) is 4. The van der Waals surface area contributed by atoms with Crippen molar-refractivity contribution in [3.63, 3.8) is 0 Å². The molecular weight excluding hydrogens is 817 g/mol. The van der Waals surface area contributed by atoms with Gasteiger partial charge in [-0.1, -0.05) is 62.4 Å². The van der Waals surface area contributed by atoms with E-state index in [0.29, 0.717) is 49.9 Å². The van der Waals surface area contributed by atoms with Gasteiger partial charge in [0, 0.05) is 37.1 Å². The van der Waals surface area contributed by atoms with Crippen molar-refractivity contribution in [2.24, 2.45) is 11.8 Å². The van der Waals surface area contributed by atoms with Crippen LogP contribution in [-0.4, -0.2) is 101 Å². The zero-order chi connectivity index (χ0) is 44.6. The quantitative estimate of drug-likeness (QED) is 0.102. The molecule has 4 amide bonds. The number of nitrogens with one attached hydrogen (secondary N) is 4. The number of likely N-dealkylation sites (tertiary alicyclic amines) is 2. The van der Waals surface area contributed by atoms with E-state index in [1.54, 1.807) is 23.1 Å². The van der Waals surface area contributed by atoms with Crippen molar-refractivity contribution in [2.45, 2.75) is 63.9 Å². The van der Waals surface area contributed by atoms with Gasteiger partial charge in [-0.05, 0) is 77.1 Å². The van der Waals surface area contributed by atoms with E-state index in [1.807, 2.05) is 50.2 Å². The van der Waals surface area contributed by atoms with Crippen LogP contribution < -0.4 is 15.4 Å². The van der Waals surface area contributed by atoms with E-state index in [2.05, 4.69) is 57.0 Å². The van der Waals surface area contributed by atoms with Crippen molar-refractivity contribution < 1.29 is 38.1 Å². The highest BCUT2D eigenvalue weighted by molar-refractivity contribution is 6.07. The summed E-state index contributed by atoms with van der Waals surface area (Å²) in [5.74, 6) is 1.64. The van der Waals surface area contributed by atoms with Crippen LogP contribution in [0.25, 0.3) is 44.2 Å². The summed E-state index contributed by atoms with van der Waals surface area (Å²) in [6.45, 7) is 5.65. The predicted molar refractivity (Wildman–Crippen MR) is 238 cm³/mol.